The lowest BCUT2D eigenvalue weighted by atomic mass is 10.0. The second-order valence-corrected chi connectivity index (χ2v) is 6.97. The third kappa shape index (κ3) is 2.84. The molecule has 0 unspecified atom stereocenters. The Morgan fingerprint density at radius 2 is 2.28 bits per heavy atom. The number of piperidine rings is 1. The Hall–Kier alpha value is -2.23. The van der Waals surface area contributed by atoms with Crippen molar-refractivity contribution in [2.75, 3.05) is 25.1 Å². The maximum atomic E-state index is 13.4. The summed E-state index contributed by atoms with van der Waals surface area (Å²) in [6.45, 7) is 1.19. The van der Waals surface area contributed by atoms with E-state index in [4.69, 9.17) is 10.5 Å². The number of aromatic nitrogens is 3. The number of halogens is 1. The van der Waals surface area contributed by atoms with Crippen molar-refractivity contribution in [2.24, 2.45) is 5.73 Å². The lowest BCUT2D eigenvalue weighted by Crippen LogP contribution is -2.50. The zero-order chi connectivity index (χ0) is 17.6. The Morgan fingerprint density at radius 1 is 1.44 bits per heavy atom. The van der Waals surface area contributed by atoms with Gasteiger partial charge in [-0.3, -0.25) is 0 Å². The lowest BCUT2D eigenvalue weighted by Gasteiger charge is -2.33. The number of nitrogens with two attached hydrogens (primary N) is 1. The minimum absolute atomic E-state index is 0.195. The molecule has 132 valence electrons. The van der Waals surface area contributed by atoms with Crippen LogP contribution in [0.4, 0.5) is 9.52 Å². The average Bonchev–Trinajstić information content (AvgIpc) is 3.18. The molecule has 0 radical (unpaired) electrons. The molecule has 3 heterocycles. The molecule has 1 aliphatic heterocycles. The van der Waals surface area contributed by atoms with Gasteiger partial charge in [0.05, 0.1) is 25.1 Å². The summed E-state index contributed by atoms with van der Waals surface area (Å²) in [6.07, 6.45) is 1.84. The second-order valence-electron chi connectivity index (χ2n) is 6.03. The van der Waals surface area contributed by atoms with E-state index in [1.807, 2.05) is 4.90 Å². The van der Waals surface area contributed by atoms with Gasteiger partial charge in [-0.25, -0.2) is 13.9 Å². The molecule has 0 amide bonds. The van der Waals surface area contributed by atoms with Crippen molar-refractivity contribution < 1.29 is 14.2 Å². The third-order valence-electron chi connectivity index (χ3n) is 4.42. The normalized spacial score (nSPS) is 21.0. The van der Waals surface area contributed by atoms with Crippen LogP contribution in [0.15, 0.2) is 24.4 Å². The first-order valence-electron chi connectivity index (χ1n) is 7.94. The Morgan fingerprint density at radius 3 is 3.04 bits per heavy atom. The molecule has 1 saturated heterocycles. The van der Waals surface area contributed by atoms with Crippen LogP contribution in [-0.2, 0) is 0 Å². The summed E-state index contributed by atoms with van der Waals surface area (Å²) < 4.78 is 20.5. The first-order chi connectivity index (χ1) is 12.1. The molecule has 7 nitrogen and oxygen atoms in total. The Labute approximate surface area is 147 Å². The topological polar surface area (TPSA) is 88.9 Å². The smallest absolute Gasteiger partial charge is 0.214 e. The largest absolute Gasteiger partial charge is 0.496 e. The number of anilines is 1. The van der Waals surface area contributed by atoms with E-state index in [0.29, 0.717) is 24.3 Å². The van der Waals surface area contributed by atoms with E-state index >= 15 is 0 Å². The van der Waals surface area contributed by atoms with Crippen molar-refractivity contribution in [2.45, 2.75) is 18.6 Å². The number of hydrogen-bond donors (Lipinski definition) is 2. The van der Waals surface area contributed by atoms with Gasteiger partial charge in [0.25, 0.3) is 0 Å². The van der Waals surface area contributed by atoms with Gasteiger partial charge in [-0.05, 0) is 18.6 Å². The molecule has 1 aliphatic rings. The Bertz CT molecular complexity index is 911. The van der Waals surface area contributed by atoms with E-state index in [-0.39, 0.29) is 11.9 Å². The van der Waals surface area contributed by atoms with Crippen LogP contribution in [0.25, 0.3) is 16.2 Å². The van der Waals surface area contributed by atoms with E-state index in [1.54, 1.807) is 16.8 Å². The fourth-order valence-electron chi connectivity index (χ4n) is 2.99. The average molecular weight is 363 g/mol. The van der Waals surface area contributed by atoms with Gasteiger partial charge in [0.2, 0.25) is 10.1 Å². The summed E-state index contributed by atoms with van der Waals surface area (Å²) in [4.78, 5) is 7.13. The number of ether oxygens (including phenoxy) is 1. The number of β-amino-alcohol motifs (C(OH)–C–C–N with tert-alkyl or cyclic N) is 1. The molecular formula is C16H18FN5O2S. The van der Waals surface area contributed by atoms with Gasteiger partial charge in [-0.2, -0.15) is 0 Å². The highest BCUT2D eigenvalue weighted by Gasteiger charge is 2.27. The number of aliphatic hydroxyl groups is 1. The minimum atomic E-state index is -0.568. The molecule has 0 spiro atoms. The predicted octanol–water partition coefficient (Wildman–Crippen LogP) is 1.50. The van der Waals surface area contributed by atoms with Crippen LogP contribution in [0.2, 0.25) is 0 Å². The zero-order valence-corrected chi connectivity index (χ0v) is 14.4. The molecule has 2 aromatic heterocycles. The van der Waals surface area contributed by atoms with Gasteiger partial charge < -0.3 is 20.5 Å². The van der Waals surface area contributed by atoms with E-state index < -0.39 is 6.10 Å². The number of aliphatic hydroxyl groups excluding tert-OH is 1. The molecule has 3 N–H and O–H groups in total. The van der Waals surface area contributed by atoms with Gasteiger partial charge in [0.1, 0.15) is 11.6 Å². The molecule has 0 bridgehead atoms. The molecule has 9 heteroatoms. The van der Waals surface area contributed by atoms with Crippen LogP contribution in [-0.4, -0.2) is 52.0 Å². The van der Waals surface area contributed by atoms with Crippen molar-refractivity contribution >= 4 is 21.4 Å². The Kier molecular flexibility index (Phi) is 4.06. The number of hydrogen-bond acceptors (Lipinski definition) is 7. The van der Waals surface area contributed by atoms with Gasteiger partial charge in [-0.1, -0.05) is 11.3 Å². The van der Waals surface area contributed by atoms with Crippen LogP contribution >= 0.6 is 11.3 Å². The van der Waals surface area contributed by atoms with E-state index in [2.05, 4.69) is 10.1 Å². The summed E-state index contributed by atoms with van der Waals surface area (Å²) in [6, 6.07) is 4.18. The molecule has 1 fully saturated rings. The van der Waals surface area contributed by atoms with Crippen LogP contribution in [0.3, 0.4) is 0 Å². The first-order valence-corrected chi connectivity index (χ1v) is 8.75. The highest BCUT2D eigenvalue weighted by molar-refractivity contribution is 7.20. The molecule has 25 heavy (non-hydrogen) atoms. The fraction of sp³-hybridized carbons (Fsp3) is 0.375. The summed E-state index contributed by atoms with van der Waals surface area (Å²) >= 11 is 1.44. The van der Waals surface area contributed by atoms with Crippen molar-refractivity contribution in [3.05, 3.63) is 30.2 Å². The van der Waals surface area contributed by atoms with Crippen LogP contribution in [0, 0.1) is 5.82 Å². The number of rotatable bonds is 3. The van der Waals surface area contributed by atoms with E-state index in [0.717, 1.165) is 22.3 Å². The zero-order valence-electron chi connectivity index (χ0n) is 13.6. The maximum Gasteiger partial charge on any atom is 0.214 e. The minimum Gasteiger partial charge on any atom is -0.496 e. The van der Waals surface area contributed by atoms with Crippen molar-refractivity contribution in [3.8, 4) is 17.0 Å². The highest BCUT2D eigenvalue weighted by atomic mass is 32.1. The molecule has 0 saturated carbocycles. The molecule has 1 aromatic carbocycles. The fourth-order valence-corrected chi connectivity index (χ4v) is 3.91. The van der Waals surface area contributed by atoms with Crippen LogP contribution in [0.5, 0.6) is 5.75 Å². The summed E-state index contributed by atoms with van der Waals surface area (Å²) in [5.41, 5.74) is 7.30. The number of benzene rings is 1. The van der Waals surface area contributed by atoms with E-state index in [9.17, 15) is 9.50 Å². The number of methoxy groups -OCH3 is 1. The van der Waals surface area contributed by atoms with Gasteiger partial charge in [0.15, 0.2) is 0 Å². The quantitative estimate of drug-likeness (QED) is 0.733. The molecule has 2 atom stereocenters. The van der Waals surface area contributed by atoms with Crippen molar-refractivity contribution in [1.82, 2.24) is 14.6 Å². The number of nitrogens with zero attached hydrogens (tertiary/aromatic N) is 4. The van der Waals surface area contributed by atoms with Crippen molar-refractivity contribution in [3.63, 3.8) is 0 Å². The molecule has 0 aliphatic carbocycles. The molecular weight excluding hydrogens is 345 g/mol. The van der Waals surface area contributed by atoms with Crippen LogP contribution in [0.1, 0.15) is 6.42 Å². The van der Waals surface area contributed by atoms with Crippen LogP contribution < -0.4 is 15.4 Å². The standard InChI is InChI=1S/C16H18FN5O2S/c1-24-14-6-9(17)2-3-10(14)12-7-19-15-22(12)20-16(25-15)21-5-4-11(18)13(23)8-21/h2-3,6-7,11,13,23H,4-5,8,18H2,1H3/t11-,13+/m0/s1. The van der Waals surface area contributed by atoms with Crippen molar-refractivity contribution in [1.29, 1.82) is 0 Å². The first kappa shape index (κ1) is 16.2. The maximum absolute atomic E-state index is 13.4. The Balaban J connectivity index is 1.72. The second kappa shape index (κ2) is 6.25. The van der Waals surface area contributed by atoms with Gasteiger partial charge >= 0.3 is 0 Å². The molecule has 4 rings (SSSR count). The summed E-state index contributed by atoms with van der Waals surface area (Å²) in [5, 5.41) is 15.4. The predicted molar refractivity (Wildman–Crippen MR) is 93.6 cm³/mol. The number of imidazole rings is 1. The lowest BCUT2D eigenvalue weighted by molar-refractivity contribution is 0.132. The third-order valence-corrected chi connectivity index (χ3v) is 5.40. The summed E-state index contributed by atoms with van der Waals surface area (Å²) in [7, 11) is 1.50. The van der Waals surface area contributed by atoms with Gasteiger partial charge in [0, 0.05) is 30.8 Å². The molecule has 3 aromatic rings. The van der Waals surface area contributed by atoms with E-state index in [1.165, 1.54) is 30.6 Å². The summed E-state index contributed by atoms with van der Waals surface area (Å²) in [5.74, 6) is 0.0645. The SMILES string of the molecule is COc1cc(F)ccc1-c1cnc2sc(N3CC[C@H](N)[C@H](O)C3)nn12. The highest BCUT2D eigenvalue weighted by Crippen LogP contribution is 2.34. The van der Waals surface area contributed by atoms with Gasteiger partial charge in [-0.15, -0.1) is 5.10 Å². The monoisotopic (exact) mass is 363 g/mol. The number of fused-ring (bicyclic) bond motifs is 1.